The summed E-state index contributed by atoms with van der Waals surface area (Å²) in [6.45, 7) is -0.488. The molecule has 0 radical (unpaired) electrons. The molecular formula is C12H11F2N3O4S. The minimum Gasteiger partial charge on any atom is -0.394 e. The van der Waals surface area contributed by atoms with Gasteiger partial charge in [-0.2, -0.15) is 13.8 Å². The number of aromatic nitrogens is 3. The van der Waals surface area contributed by atoms with Gasteiger partial charge in [-0.3, -0.25) is 0 Å². The number of hydrogen-bond donors (Lipinski definition) is 4. The Bertz CT molecular complexity index is 787. The first-order chi connectivity index (χ1) is 10.4. The van der Waals surface area contributed by atoms with Crippen molar-refractivity contribution < 1.29 is 28.8 Å². The first kappa shape index (κ1) is 15.3. The number of ether oxygens (including phenoxy) is 1. The Labute approximate surface area is 127 Å². The molecule has 3 rings (SSSR count). The van der Waals surface area contributed by atoms with Gasteiger partial charge in [0.25, 0.3) is 11.9 Å². The summed E-state index contributed by atoms with van der Waals surface area (Å²) in [5, 5.41) is 28.8. The fourth-order valence-corrected chi connectivity index (χ4v) is 2.63. The van der Waals surface area contributed by atoms with Crippen molar-refractivity contribution in [1.29, 1.82) is 0 Å². The Morgan fingerprint density at radius 1 is 1.23 bits per heavy atom. The normalized spacial score (nSPS) is 28.4. The van der Waals surface area contributed by atoms with Crippen LogP contribution in [0.3, 0.4) is 0 Å². The number of pyridine rings is 1. The number of hydrogen-bond acceptors (Lipinski definition) is 7. The second-order valence-corrected chi connectivity index (χ2v) is 5.26. The molecule has 118 valence electrons. The standard InChI is InChI=1S/C12H11F2N3O4S/c13-9-10(14)16-11-4(15-9)1-3(12(22)17-11)8-7(20)6(19)5(2-18)21-8/h1,5-8,18-20H,2H2,(H,16,17,22)/t5-,6+,7?,8+/m1/s1. The Morgan fingerprint density at radius 2 is 1.91 bits per heavy atom. The van der Waals surface area contributed by atoms with Gasteiger partial charge in [0.05, 0.1) is 6.61 Å². The van der Waals surface area contributed by atoms with Crippen molar-refractivity contribution in [3.8, 4) is 0 Å². The van der Waals surface area contributed by atoms with Crippen molar-refractivity contribution in [2.24, 2.45) is 0 Å². The van der Waals surface area contributed by atoms with Crippen molar-refractivity contribution >= 4 is 23.4 Å². The lowest BCUT2D eigenvalue weighted by Gasteiger charge is -2.15. The maximum Gasteiger partial charge on any atom is 0.270 e. The minimum atomic E-state index is -1.37. The van der Waals surface area contributed by atoms with Crippen LogP contribution in [0.5, 0.6) is 0 Å². The van der Waals surface area contributed by atoms with E-state index in [4.69, 9.17) is 22.1 Å². The zero-order valence-electron chi connectivity index (χ0n) is 10.9. The van der Waals surface area contributed by atoms with Crippen LogP contribution in [-0.4, -0.2) is 55.2 Å². The third kappa shape index (κ3) is 2.38. The van der Waals surface area contributed by atoms with E-state index in [0.29, 0.717) is 0 Å². The van der Waals surface area contributed by atoms with E-state index in [0.717, 1.165) is 0 Å². The van der Waals surface area contributed by atoms with Gasteiger partial charge in [-0.05, 0) is 6.07 Å². The summed E-state index contributed by atoms with van der Waals surface area (Å²) in [5.41, 5.74) is 0.157. The third-order valence-electron chi connectivity index (χ3n) is 3.48. The number of H-pyrrole nitrogens is 1. The molecular weight excluding hydrogens is 320 g/mol. The molecule has 0 amide bonds. The Hall–Kier alpha value is -1.59. The molecule has 10 heteroatoms. The SMILES string of the molecule is OC[C@H]1O[C@@H](c2cc3nc(F)c(F)nc3[nH]c2=S)C(O)[C@H]1O. The smallest absolute Gasteiger partial charge is 0.270 e. The largest absolute Gasteiger partial charge is 0.394 e. The van der Waals surface area contributed by atoms with E-state index >= 15 is 0 Å². The molecule has 1 aliphatic heterocycles. The van der Waals surface area contributed by atoms with Gasteiger partial charge in [0, 0.05) is 5.56 Å². The molecule has 4 atom stereocenters. The number of rotatable bonds is 2. The van der Waals surface area contributed by atoms with E-state index in [1.807, 2.05) is 0 Å². The summed E-state index contributed by atoms with van der Waals surface area (Å²) in [6.07, 6.45) is -4.63. The van der Waals surface area contributed by atoms with Gasteiger partial charge in [-0.15, -0.1) is 0 Å². The Morgan fingerprint density at radius 3 is 2.55 bits per heavy atom. The van der Waals surface area contributed by atoms with E-state index in [9.17, 15) is 19.0 Å². The zero-order valence-corrected chi connectivity index (χ0v) is 11.7. The molecule has 22 heavy (non-hydrogen) atoms. The highest BCUT2D eigenvalue weighted by Crippen LogP contribution is 2.34. The second-order valence-electron chi connectivity index (χ2n) is 4.85. The predicted molar refractivity (Wildman–Crippen MR) is 71.4 cm³/mol. The van der Waals surface area contributed by atoms with E-state index in [1.165, 1.54) is 6.07 Å². The van der Waals surface area contributed by atoms with Crippen molar-refractivity contribution in [3.05, 3.63) is 28.2 Å². The minimum absolute atomic E-state index is 0.0137. The molecule has 1 unspecified atom stereocenters. The lowest BCUT2D eigenvalue weighted by molar-refractivity contribution is -0.0229. The molecule has 1 fully saturated rings. The maximum absolute atomic E-state index is 13.2. The van der Waals surface area contributed by atoms with Crippen molar-refractivity contribution in [3.63, 3.8) is 0 Å². The predicted octanol–water partition coefficient (Wildman–Crippen LogP) is 0.120. The molecule has 1 aliphatic rings. The highest BCUT2D eigenvalue weighted by atomic mass is 32.1. The summed E-state index contributed by atoms with van der Waals surface area (Å²) in [6, 6.07) is 1.30. The number of fused-ring (bicyclic) bond motifs is 1. The molecule has 0 saturated carbocycles. The number of halogens is 2. The second kappa shape index (κ2) is 5.56. The van der Waals surface area contributed by atoms with Gasteiger partial charge in [0.1, 0.15) is 34.6 Å². The van der Waals surface area contributed by atoms with Crippen molar-refractivity contribution in [2.45, 2.75) is 24.4 Å². The molecule has 2 aromatic heterocycles. The lowest BCUT2D eigenvalue weighted by atomic mass is 10.0. The van der Waals surface area contributed by atoms with Crippen LogP contribution in [0.2, 0.25) is 0 Å². The molecule has 1 saturated heterocycles. The van der Waals surface area contributed by atoms with Gasteiger partial charge < -0.3 is 25.0 Å². The molecule has 2 aromatic rings. The fraction of sp³-hybridized carbons (Fsp3) is 0.417. The highest BCUT2D eigenvalue weighted by Gasteiger charge is 2.43. The van der Waals surface area contributed by atoms with Crippen molar-refractivity contribution in [2.75, 3.05) is 6.61 Å². The summed E-state index contributed by atoms with van der Waals surface area (Å²) >= 11 is 5.08. The molecule has 0 bridgehead atoms. The van der Waals surface area contributed by atoms with Gasteiger partial charge in [-0.1, -0.05) is 12.2 Å². The van der Waals surface area contributed by atoms with Crippen LogP contribution in [-0.2, 0) is 4.74 Å². The molecule has 0 aliphatic carbocycles. The first-order valence-electron chi connectivity index (χ1n) is 6.30. The first-order valence-corrected chi connectivity index (χ1v) is 6.71. The molecule has 3 heterocycles. The van der Waals surface area contributed by atoms with Crippen LogP contribution in [0.15, 0.2) is 6.07 Å². The van der Waals surface area contributed by atoms with Crippen LogP contribution in [0.1, 0.15) is 11.7 Å². The molecule has 0 aromatic carbocycles. The van der Waals surface area contributed by atoms with Crippen LogP contribution >= 0.6 is 12.2 Å². The maximum atomic E-state index is 13.2. The van der Waals surface area contributed by atoms with E-state index < -0.39 is 42.9 Å². The Balaban J connectivity index is 2.10. The lowest BCUT2D eigenvalue weighted by Crippen LogP contribution is -2.32. The molecule has 0 spiro atoms. The van der Waals surface area contributed by atoms with Crippen LogP contribution in [0, 0.1) is 16.5 Å². The number of nitrogens with one attached hydrogen (secondary N) is 1. The average Bonchev–Trinajstić information content (AvgIpc) is 2.76. The fourth-order valence-electron chi connectivity index (χ4n) is 2.36. The summed E-state index contributed by atoms with van der Waals surface area (Å²) in [7, 11) is 0. The number of aliphatic hydroxyl groups excluding tert-OH is 3. The van der Waals surface area contributed by atoms with E-state index in [1.54, 1.807) is 0 Å². The van der Waals surface area contributed by atoms with Crippen LogP contribution in [0.25, 0.3) is 11.2 Å². The average molecular weight is 331 g/mol. The Kier molecular flexibility index (Phi) is 3.87. The van der Waals surface area contributed by atoms with Gasteiger partial charge >= 0.3 is 0 Å². The zero-order chi connectivity index (χ0) is 16.0. The van der Waals surface area contributed by atoms with Gasteiger partial charge in [0.2, 0.25) is 0 Å². The number of aliphatic hydroxyl groups is 3. The summed E-state index contributed by atoms with van der Waals surface area (Å²) in [4.78, 5) is 9.32. The third-order valence-corrected chi connectivity index (χ3v) is 3.81. The monoisotopic (exact) mass is 331 g/mol. The van der Waals surface area contributed by atoms with E-state index in [-0.39, 0.29) is 21.4 Å². The number of nitrogens with zero attached hydrogens (tertiary/aromatic N) is 2. The quantitative estimate of drug-likeness (QED) is 0.578. The van der Waals surface area contributed by atoms with Crippen LogP contribution < -0.4 is 0 Å². The molecule has 7 nitrogen and oxygen atoms in total. The van der Waals surface area contributed by atoms with Crippen molar-refractivity contribution in [1.82, 2.24) is 15.0 Å². The van der Waals surface area contributed by atoms with Gasteiger partial charge in [-0.25, -0.2) is 4.98 Å². The summed E-state index contributed by atoms with van der Waals surface area (Å²) in [5.74, 6) is -2.73. The summed E-state index contributed by atoms with van der Waals surface area (Å²) < 4.78 is 31.7. The topological polar surface area (TPSA) is 111 Å². The van der Waals surface area contributed by atoms with E-state index in [2.05, 4.69) is 15.0 Å². The van der Waals surface area contributed by atoms with Gasteiger partial charge in [0.15, 0.2) is 5.65 Å². The molecule has 4 N–H and O–H groups in total. The number of aromatic amines is 1. The van der Waals surface area contributed by atoms with Crippen LogP contribution in [0.4, 0.5) is 8.78 Å². The highest BCUT2D eigenvalue weighted by molar-refractivity contribution is 7.71.